The van der Waals surface area contributed by atoms with Crippen LogP contribution >= 0.6 is 0 Å². The normalized spacial score (nSPS) is 36.5. The predicted octanol–water partition coefficient (Wildman–Crippen LogP) is 0.553. The Morgan fingerprint density at radius 2 is 1.92 bits per heavy atom. The average molecular weight is 188 g/mol. The molecule has 2 fully saturated rings. The Labute approximate surface area is 78.1 Å². The van der Waals surface area contributed by atoms with Crippen LogP contribution in [0.25, 0.3) is 0 Å². The van der Waals surface area contributed by atoms with Crippen molar-refractivity contribution in [3.63, 3.8) is 0 Å². The van der Waals surface area contributed by atoms with Gasteiger partial charge < -0.3 is 18.9 Å². The molecule has 4 heteroatoms. The van der Waals surface area contributed by atoms with Gasteiger partial charge in [-0.2, -0.15) is 0 Å². The molecule has 0 amide bonds. The fourth-order valence-corrected chi connectivity index (χ4v) is 1.34. The standard InChI is InChI=1S/C9H16O4/c1-9(2)12-6-8(13-9)4-10-3-7-5-11-7/h7-8H,3-6H2,1-2H3/t7-,8-/m0/s1. The smallest absolute Gasteiger partial charge is 0.163 e. The molecule has 2 atom stereocenters. The molecule has 2 rings (SSSR count). The summed E-state index contributed by atoms with van der Waals surface area (Å²) in [5.74, 6) is -0.440. The Morgan fingerprint density at radius 1 is 1.23 bits per heavy atom. The summed E-state index contributed by atoms with van der Waals surface area (Å²) in [5, 5.41) is 0. The minimum absolute atomic E-state index is 0.0775. The van der Waals surface area contributed by atoms with Crippen molar-refractivity contribution in [2.45, 2.75) is 31.8 Å². The lowest BCUT2D eigenvalue weighted by Crippen LogP contribution is -2.24. The zero-order valence-corrected chi connectivity index (χ0v) is 8.12. The molecular formula is C9H16O4. The Morgan fingerprint density at radius 3 is 2.46 bits per heavy atom. The van der Waals surface area contributed by atoms with Crippen molar-refractivity contribution in [3.05, 3.63) is 0 Å². The zero-order chi connectivity index (χ0) is 9.31. The summed E-state index contributed by atoms with van der Waals surface area (Å²) in [6.45, 7) is 6.57. The van der Waals surface area contributed by atoms with Crippen molar-refractivity contribution >= 4 is 0 Å². The molecule has 0 bridgehead atoms. The van der Waals surface area contributed by atoms with Crippen LogP contribution in [0.2, 0.25) is 0 Å². The molecule has 0 aliphatic carbocycles. The summed E-state index contributed by atoms with van der Waals surface area (Å²) >= 11 is 0. The van der Waals surface area contributed by atoms with Crippen LogP contribution in [0.1, 0.15) is 13.8 Å². The van der Waals surface area contributed by atoms with Crippen LogP contribution in [0, 0.1) is 0 Å². The number of ether oxygens (including phenoxy) is 4. The van der Waals surface area contributed by atoms with E-state index < -0.39 is 5.79 Å². The van der Waals surface area contributed by atoms with E-state index in [4.69, 9.17) is 18.9 Å². The molecular weight excluding hydrogens is 172 g/mol. The third-order valence-electron chi connectivity index (χ3n) is 2.08. The lowest BCUT2D eigenvalue weighted by atomic mass is 10.4. The molecule has 0 radical (unpaired) electrons. The van der Waals surface area contributed by atoms with Crippen LogP contribution in [0.3, 0.4) is 0 Å². The Bertz CT molecular complexity index is 176. The van der Waals surface area contributed by atoms with Crippen LogP contribution in [0.4, 0.5) is 0 Å². The lowest BCUT2D eigenvalue weighted by molar-refractivity contribution is -0.145. The van der Waals surface area contributed by atoms with Crippen molar-refractivity contribution in [2.24, 2.45) is 0 Å². The highest BCUT2D eigenvalue weighted by atomic mass is 16.7. The van der Waals surface area contributed by atoms with E-state index in [9.17, 15) is 0 Å². The first-order chi connectivity index (χ1) is 6.16. The van der Waals surface area contributed by atoms with Crippen molar-refractivity contribution in [3.8, 4) is 0 Å². The van der Waals surface area contributed by atoms with E-state index in [-0.39, 0.29) is 6.10 Å². The van der Waals surface area contributed by atoms with Gasteiger partial charge in [-0.1, -0.05) is 0 Å². The molecule has 13 heavy (non-hydrogen) atoms. The Balaban J connectivity index is 1.59. The molecule has 76 valence electrons. The van der Waals surface area contributed by atoms with Crippen LogP contribution in [-0.2, 0) is 18.9 Å². The summed E-state index contributed by atoms with van der Waals surface area (Å²) in [6.07, 6.45) is 0.407. The topological polar surface area (TPSA) is 40.2 Å². The minimum atomic E-state index is -0.440. The molecule has 0 aromatic rings. The van der Waals surface area contributed by atoms with Gasteiger partial charge in [-0.15, -0.1) is 0 Å². The van der Waals surface area contributed by atoms with Gasteiger partial charge >= 0.3 is 0 Å². The van der Waals surface area contributed by atoms with E-state index in [2.05, 4.69) is 0 Å². The number of hydrogen-bond donors (Lipinski definition) is 0. The van der Waals surface area contributed by atoms with Gasteiger partial charge in [0.05, 0.1) is 26.4 Å². The molecule has 0 spiro atoms. The van der Waals surface area contributed by atoms with E-state index in [1.54, 1.807) is 0 Å². The number of rotatable bonds is 4. The second-order valence-electron chi connectivity index (χ2n) is 3.94. The van der Waals surface area contributed by atoms with E-state index in [1.807, 2.05) is 13.8 Å². The third kappa shape index (κ3) is 2.91. The summed E-state index contributed by atoms with van der Waals surface area (Å²) in [7, 11) is 0. The number of epoxide rings is 1. The van der Waals surface area contributed by atoms with Crippen LogP contribution in [0.5, 0.6) is 0 Å². The fraction of sp³-hybridized carbons (Fsp3) is 1.00. The first kappa shape index (κ1) is 9.40. The van der Waals surface area contributed by atoms with Gasteiger partial charge in [-0.05, 0) is 13.8 Å². The van der Waals surface area contributed by atoms with Gasteiger partial charge in [0.25, 0.3) is 0 Å². The highest BCUT2D eigenvalue weighted by molar-refractivity contribution is 4.72. The largest absolute Gasteiger partial charge is 0.376 e. The maximum atomic E-state index is 5.56. The van der Waals surface area contributed by atoms with Crippen molar-refractivity contribution in [2.75, 3.05) is 26.4 Å². The zero-order valence-electron chi connectivity index (χ0n) is 8.12. The molecule has 0 N–H and O–H groups in total. The summed E-state index contributed by atoms with van der Waals surface area (Å²) in [5.41, 5.74) is 0. The Kier molecular flexibility index (Phi) is 2.55. The van der Waals surface area contributed by atoms with Gasteiger partial charge in [0.1, 0.15) is 12.2 Å². The molecule has 2 saturated heterocycles. The van der Waals surface area contributed by atoms with Crippen LogP contribution in [-0.4, -0.2) is 44.4 Å². The van der Waals surface area contributed by atoms with Crippen LogP contribution < -0.4 is 0 Å². The van der Waals surface area contributed by atoms with Crippen LogP contribution in [0.15, 0.2) is 0 Å². The molecule has 0 saturated carbocycles. The quantitative estimate of drug-likeness (QED) is 0.604. The van der Waals surface area contributed by atoms with Gasteiger partial charge in [0.15, 0.2) is 5.79 Å². The Hall–Kier alpha value is -0.160. The van der Waals surface area contributed by atoms with Gasteiger partial charge in [0.2, 0.25) is 0 Å². The highest BCUT2D eigenvalue weighted by Crippen LogP contribution is 2.22. The molecule has 2 heterocycles. The first-order valence-corrected chi connectivity index (χ1v) is 4.67. The van der Waals surface area contributed by atoms with Crippen molar-refractivity contribution in [1.82, 2.24) is 0 Å². The van der Waals surface area contributed by atoms with E-state index >= 15 is 0 Å². The highest BCUT2D eigenvalue weighted by Gasteiger charge is 2.33. The predicted molar refractivity (Wildman–Crippen MR) is 45.5 cm³/mol. The monoisotopic (exact) mass is 188 g/mol. The van der Waals surface area contributed by atoms with E-state index in [0.29, 0.717) is 25.9 Å². The molecule has 0 aromatic carbocycles. The summed E-state index contributed by atoms with van der Waals surface area (Å²) in [6, 6.07) is 0. The molecule has 2 aliphatic rings. The molecule has 4 nitrogen and oxygen atoms in total. The first-order valence-electron chi connectivity index (χ1n) is 4.67. The molecule has 0 aromatic heterocycles. The SMILES string of the molecule is CC1(C)OC[C@H](COC[C@H]2CO2)O1. The lowest BCUT2D eigenvalue weighted by Gasteiger charge is -2.16. The van der Waals surface area contributed by atoms with Crippen molar-refractivity contribution < 1.29 is 18.9 Å². The van der Waals surface area contributed by atoms with Gasteiger partial charge in [0, 0.05) is 0 Å². The third-order valence-corrected chi connectivity index (χ3v) is 2.08. The fourth-order valence-electron chi connectivity index (χ4n) is 1.34. The van der Waals surface area contributed by atoms with E-state index in [0.717, 1.165) is 6.61 Å². The maximum Gasteiger partial charge on any atom is 0.163 e. The van der Waals surface area contributed by atoms with E-state index in [1.165, 1.54) is 0 Å². The van der Waals surface area contributed by atoms with Gasteiger partial charge in [-0.3, -0.25) is 0 Å². The second kappa shape index (κ2) is 3.53. The summed E-state index contributed by atoms with van der Waals surface area (Å²) < 4.78 is 21.4. The second-order valence-corrected chi connectivity index (χ2v) is 3.94. The summed E-state index contributed by atoms with van der Waals surface area (Å²) in [4.78, 5) is 0. The maximum absolute atomic E-state index is 5.56. The van der Waals surface area contributed by atoms with Gasteiger partial charge in [-0.25, -0.2) is 0 Å². The number of hydrogen-bond acceptors (Lipinski definition) is 4. The van der Waals surface area contributed by atoms with Crippen molar-refractivity contribution in [1.29, 1.82) is 0 Å². The molecule has 2 aliphatic heterocycles. The molecule has 0 unspecified atom stereocenters. The minimum Gasteiger partial charge on any atom is -0.376 e. The average Bonchev–Trinajstić information content (AvgIpc) is 2.78.